The topological polar surface area (TPSA) is 29.1 Å². The number of carbonyl (C=O) groups is 1. The van der Waals surface area contributed by atoms with Gasteiger partial charge in [-0.3, -0.25) is 8.32 Å². The Bertz CT molecular complexity index is 118. The Morgan fingerprint density at radius 3 is 3.00 bits per heavy atom. The van der Waals surface area contributed by atoms with E-state index in [1.54, 1.807) is 33.1 Å². The van der Waals surface area contributed by atoms with Crippen LogP contribution in [0.15, 0.2) is 0 Å². The van der Waals surface area contributed by atoms with Gasteiger partial charge in [-0.15, -0.1) is 21.4 Å². The zero-order valence-corrected chi connectivity index (χ0v) is 10.7. The van der Waals surface area contributed by atoms with Gasteiger partial charge in [0.05, 0.1) is 22.9 Å². The van der Waals surface area contributed by atoms with Gasteiger partial charge in [0.2, 0.25) is 5.91 Å². The van der Waals surface area contributed by atoms with E-state index in [2.05, 4.69) is 9.79 Å². The number of rotatable bonds is 6. The van der Waals surface area contributed by atoms with Gasteiger partial charge < -0.3 is 0 Å². The summed E-state index contributed by atoms with van der Waals surface area (Å²) in [7, 11) is 3.56. The lowest BCUT2D eigenvalue weighted by Crippen LogP contribution is -2.11. The standard InChI is InChI=1S/C4H9BINOS3/c1-9-5-11-10-3-2-4(8)7-6/h5H,2-3H2,1H3,(H,7,8). The molecule has 0 aromatic heterocycles. The molecule has 1 amide bonds. The van der Waals surface area contributed by atoms with Crippen molar-refractivity contribution in [2.75, 3.05) is 12.0 Å². The molecule has 0 aromatic carbocycles. The van der Waals surface area contributed by atoms with Crippen molar-refractivity contribution in [3.8, 4) is 0 Å². The Morgan fingerprint density at radius 1 is 1.73 bits per heavy atom. The van der Waals surface area contributed by atoms with E-state index >= 15 is 0 Å². The molecule has 0 saturated carbocycles. The van der Waals surface area contributed by atoms with Crippen molar-refractivity contribution in [3.05, 3.63) is 0 Å². The van der Waals surface area contributed by atoms with Gasteiger partial charge in [0.1, 0.15) is 0 Å². The molecule has 0 atom stereocenters. The van der Waals surface area contributed by atoms with Crippen molar-refractivity contribution in [1.29, 1.82) is 0 Å². The minimum atomic E-state index is 0.114. The van der Waals surface area contributed by atoms with E-state index in [-0.39, 0.29) is 5.91 Å². The Hall–Kier alpha value is 1.31. The second-order valence-electron chi connectivity index (χ2n) is 1.61. The molecular formula is C4H9BINOS3. The van der Waals surface area contributed by atoms with Crippen molar-refractivity contribution in [1.82, 2.24) is 3.53 Å². The molecule has 0 fully saturated rings. The monoisotopic (exact) mass is 321 g/mol. The number of nitrogens with one attached hydrogen (secondary N) is 1. The third-order valence-corrected chi connectivity index (χ3v) is 5.10. The van der Waals surface area contributed by atoms with Crippen LogP contribution in [0.3, 0.4) is 0 Å². The van der Waals surface area contributed by atoms with E-state index in [0.29, 0.717) is 6.42 Å². The number of hydrogen-bond donors (Lipinski definition) is 1. The molecule has 11 heavy (non-hydrogen) atoms. The van der Waals surface area contributed by atoms with E-state index in [1.807, 2.05) is 22.9 Å². The summed E-state index contributed by atoms with van der Waals surface area (Å²) in [6.45, 7) is 0. The normalized spacial score (nSPS) is 9.27. The third-order valence-electron chi connectivity index (χ3n) is 0.767. The van der Waals surface area contributed by atoms with Gasteiger partial charge in [-0.05, 0) is 6.26 Å². The molecule has 0 heterocycles. The fourth-order valence-electron chi connectivity index (χ4n) is 0.323. The first-order valence-electron chi connectivity index (χ1n) is 2.94. The Balaban J connectivity index is 2.95. The van der Waals surface area contributed by atoms with Crippen molar-refractivity contribution in [3.63, 3.8) is 0 Å². The van der Waals surface area contributed by atoms with Crippen LogP contribution in [0, 0.1) is 0 Å². The second kappa shape index (κ2) is 9.40. The predicted molar refractivity (Wildman–Crippen MR) is 67.5 cm³/mol. The van der Waals surface area contributed by atoms with E-state index in [0.717, 1.165) is 11.6 Å². The van der Waals surface area contributed by atoms with Crippen molar-refractivity contribution < 1.29 is 4.79 Å². The van der Waals surface area contributed by atoms with Gasteiger partial charge in [-0.25, -0.2) is 11.6 Å². The lowest BCUT2D eigenvalue weighted by molar-refractivity contribution is -0.118. The molecule has 0 aliphatic carbocycles. The van der Waals surface area contributed by atoms with Gasteiger partial charge in [-0.2, -0.15) is 0 Å². The first-order chi connectivity index (χ1) is 5.31. The summed E-state index contributed by atoms with van der Waals surface area (Å²) in [6, 6.07) is 0. The minimum Gasteiger partial charge on any atom is -0.299 e. The van der Waals surface area contributed by atoms with Crippen LogP contribution >= 0.6 is 55.9 Å². The van der Waals surface area contributed by atoms with Crippen LogP contribution in [0.5, 0.6) is 0 Å². The van der Waals surface area contributed by atoms with Crippen molar-refractivity contribution >= 4 is 67.7 Å². The molecule has 0 spiro atoms. The maximum atomic E-state index is 10.7. The zero-order chi connectivity index (χ0) is 8.53. The summed E-state index contributed by atoms with van der Waals surface area (Å²) in [6.07, 6.45) is 2.69. The van der Waals surface area contributed by atoms with Gasteiger partial charge in [0, 0.05) is 12.2 Å². The molecule has 1 N–H and O–H groups in total. The molecule has 0 aliphatic rings. The third kappa shape index (κ3) is 9.23. The highest BCUT2D eigenvalue weighted by Gasteiger charge is 1.97. The van der Waals surface area contributed by atoms with Crippen LogP contribution < -0.4 is 3.53 Å². The number of hydrogen-bond acceptors (Lipinski definition) is 4. The SMILES string of the molecule is CSBSSCCC(=O)NI. The Kier molecular flexibility index (Phi) is 10.5. The molecule has 7 heteroatoms. The van der Waals surface area contributed by atoms with E-state index < -0.39 is 0 Å². The average Bonchev–Trinajstić information content (AvgIpc) is 2.04. The highest BCUT2D eigenvalue weighted by atomic mass is 127. The largest absolute Gasteiger partial charge is 0.299 e. The van der Waals surface area contributed by atoms with Crippen LogP contribution in [0.25, 0.3) is 0 Å². The van der Waals surface area contributed by atoms with Crippen LogP contribution in [0.4, 0.5) is 0 Å². The minimum absolute atomic E-state index is 0.114. The Morgan fingerprint density at radius 2 is 2.45 bits per heavy atom. The van der Waals surface area contributed by atoms with E-state index in [4.69, 9.17) is 0 Å². The van der Waals surface area contributed by atoms with Gasteiger partial charge in [0.15, 0.2) is 0 Å². The average molecular weight is 321 g/mol. The number of carbonyl (C=O) groups excluding carboxylic acids is 1. The van der Waals surface area contributed by atoms with Crippen molar-refractivity contribution in [2.45, 2.75) is 6.42 Å². The molecule has 2 nitrogen and oxygen atoms in total. The van der Waals surface area contributed by atoms with Crippen LogP contribution in [0.1, 0.15) is 6.42 Å². The van der Waals surface area contributed by atoms with Gasteiger partial charge >= 0.3 is 0 Å². The van der Waals surface area contributed by atoms with Gasteiger partial charge in [-0.1, -0.05) is 0 Å². The molecule has 0 unspecified atom stereocenters. The second-order valence-corrected chi connectivity index (χ2v) is 5.97. The quantitative estimate of drug-likeness (QED) is 0.266. The van der Waals surface area contributed by atoms with E-state index in [1.165, 1.54) is 0 Å². The Labute approximate surface area is 93.7 Å². The summed E-state index contributed by atoms with van der Waals surface area (Å²) in [4.78, 5) is 10.7. The van der Waals surface area contributed by atoms with E-state index in [9.17, 15) is 4.79 Å². The fraction of sp³-hybridized carbons (Fsp3) is 0.750. The lowest BCUT2D eigenvalue weighted by atomic mass is 10.5. The highest BCUT2D eigenvalue weighted by Crippen LogP contribution is 2.22. The van der Waals surface area contributed by atoms with Crippen LogP contribution in [0.2, 0.25) is 0 Å². The summed E-state index contributed by atoms with van der Waals surface area (Å²) in [5, 5.41) is 0. The summed E-state index contributed by atoms with van der Waals surface area (Å²) in [5.74, 6) is 2.11. The zero-order valence-electron chi connectivity index (χ0n) is 6.13. The first-order valence-corrected chi connectivity index (χ1v) is 7.90. The summed E-state index contributed by atoms with van der Waals surface area (Å²) < 4.78 is 2.56. The molecule has 0 rings (SSSR count). The molecule has 0 saturated heterocycles. The fourth-order valence-corrected chi connectivity index (χ4v) is 3.72. The molecule has 64 valence electrons. The molecular weight excluding hydrogens is 312 g/mol. The smallest absolute Gasteiger partial charge is 0.270 e. The lowest BCUT2D eigenvalue weighted by Gasteiger charge is -1.96. The maximum absolute atomic E-state index is 10.7. The van der Waals surface area contributed by atoms with Crippen LogP contribution in [-0.2, 0) is 4.79 Å². The maximum Gasteiger partial charge on any atom is 0.270 e. The molecule has 0 bridgehead atoms. The highest BCUT2D eigenvalue weighted by molar-refractivity contribution is 14.1. The van der Waals surface area contributed by atoms with Crippen LogP contribution in [-0.4, -0.2) is 23.8 Å². The summed E-state index contributed by atoms with van der Waals surface area (Å²) >= 11 is 3.67. The number of amides is 1. The first kappa shape index (κ1) is 12.3. The summed E-state index contributed by atoms with van der Waals surface area (Å²) in [5.41, 5.74) is 0. The van der Waals surface area contributed by atoms with Gasteiger partial charge in [0.25, 0.3) is 5.84 Å². The molecule has 0 radical (unpaired) electrons. The van der Waals surface area contributed by atoms with Crippen molar-refractivity contribution in [2.24, 2.45) is 0 Å². The molecule has 0 aromatic rings. The molecule has 0 aliphatic heterocycles. The number of halogens is 1. The predicted octanol–water partition coefficient (Wildman–Crippen LogP) is 1.85.